The lowest BCUT2D eigenvalue weighted by Crippen LogP contribution is -2.14. The third-order valence-corrected chi connectivity index (χ3v) is 2.97. The molecule has 2 rings (SSSR count). The summed E-state index contributed by atoms with van der Waals surface area (Å²) in [6, 6.07) is 16.1. The quantitative estimate of drug-likeness (QED) is 0.868. The van der Waals surface area contributed by atoms with Gasteiger partial charge in [0.05, 0.1) is 0 Å². The second kappa shape index (κ2) is 7.01. The maximum absolute atomic E-state index is 12.3. The molecule has 2 aromatic carbocycles. The van der Waals surface area contributed by atoms with Crippen LogP contribution in [0.15, 0.2) is 54.6 Å². The minimum absolute atomic E-state index is 0.345. The zero-order valence-corrected chi connectivity index (χ0v) is 11.0. The molecule has 20 heavy (non-hydrogen) atoms. The standard InChI is InChI=1S/C16H17F2NO/c17-16(18)10-15(19)13-7-4-8-14(9-13)20-11-12-5-2-1-3-6-12/h1-9,15-16H,10-11,19H2/t15-/m0/s1. The molecule has 0 heterocycles. The Kier molecular flexibility index (Phi) is 5.07. The van der Waals surface area contributed by atoms with Crippen molar-refractivity contribution in [3.8, 4) is 5.75 Å². The molecule has 0 aliphatic heterocycles. The van der Waals surface area contributed by atoms with Crippen molar-refractivity contribution in [2.45, 2.75) is 25.5 Å². The van der Waals surface area contributed by atoms with Crippen molar-refractivity contribution in [3.05, 3.63) is 65.7 Å². The molecule has 0 aromatic heterocycles. The fourth-order valence-corrected chi connectivity index (χ4v) is 1.90. The van der Waals surface area contributed by atoms with Gasteiger partial charge in [-0.1, -0.05) is 42.5 Å². The Labute approximate surface area is 117 Å². The van der Waals surface area contributed by atoms with E-state index in [9.17, 15) is 8.78 Å². The molecule has 2 N–H and O–H groups in total. The first-order chi connectivity index (χ1) is 9.65. The Morgan fingerprint density at radius 1 is 1.00 bits per heavy atom. The normalized spacial score (nSPS) is 12.4. The van der Waals surface area contributed by atoms with Crippen molar-refractivity contribution in [2.75, 3.05) is 0 Å². The number of rotatable bonds is 6. The average molecular weight is 277 g/mol. The highest BCUT2D eigenvalue weighted by atomic mass is 19.3. The molecule has 0 bridgehead atoms. The summed E-state index contributed by atoms with van der Waals surface area (Å²) >= 11 is 0. The van der Waals surface area contributed by atoms with Crippen LogP contribution in [0.3, 0.4) is 0 Å². The van der Waals surface area contributed by atoms with E-state index >= 15 is 0 Å². The first-order valence-electron chi connectivity index (χ1n) is 6.45. The molecule has 2 nitrogen and oxygen atoms in total. The van der Waals surface area contributed by atoms with Crippen molar-refractivity contribution in [1.29, 1.82) is 0 Å². The number of hydrogen-bond donors (Lipinski definition) is 1. The van der Waals surface area contributed by atoms with Gasteiger partial charge < -0.3 is 10.5 Å². The highest BCUT2D eigenvalue weighted by Crippen LogP contribution is 2.22. The van der Waals surface area contributed by atoms with E-state index in [1.165, 1.54) is 0 Å². The Hall–Kier alpha value is -1.94. The van der Waals surface area contributed by atoms with E-state index in [0.29, 0.717) is 17.9 Å². The number of benzene rings is 2. The Balaban J connectivity index is 1.99. The lowest BCUT2D eigenvalue weighted by atomic mass is 10.0. The van der Waals surface area contributed by atoms with Gasteiger partial charge in [-0.2, -0.15) is 0 Å². The molecule has 0 saturated heterocycles. The molecular formula is C16H17F2NO. The molecule has 0 spiro atoms. The second-order valence-electron chi connectivity index (χ2n) is 4.58. The van der Waals surface area contributed by atoms with Gasteiger partial charge in [0.1, 0.15) is 12.4 Å². The van der Waals surface area contributed by atoms with Gasteiger partial charge in [-0.3, -0.25) is 0 Å². The fourth-order valence-electron chi connectivity index (χ4n) is 1.90. The molecule has 0 fully saturated rings. The van der Waals surface area contributed by atoms with Gasteiger partial charge in [0.2, 0.25) is 6.43 Å². The molecule has 2 aromatic rings. The van der Waals surface area contributed by atoms with Crippen molar-refractivity contribution in [1.82, 2.24) is 0 Å². The van der Waals surface area contributed by atoms with Crippen LogP contribution in [0.4, 0.5) is 8.78 Å². The predicted octanol–water partition coefficient (Wildman–Crippen LogP) is 3.92. The number of alkyl halides is 2. The summed E-state index contributed by atoms with van der Waals surface area (Å²) in [5.41, 5.74) is 7.45. The SMILES string of the molecule is N[C@@H](CC(F)F)c1cccc(OCc2ccccc2)c1. The summed E-state index contributed by atoms with van der Waals surface area (Å²) < 4.78 is 30.3. The highest BCUT2D eigenvalue weighted by Gasteiger charge is 2.13. The summed E-state index contributed by atoms with van der Waals surface area (Å²) in [6.07, 6.45) is -2.75. The first-order valence-corrected chi connectivity index (χ1v) is 6.45. The lowest BCUT2D eigenvalue weighted by Gasteiger charge is -2.13. The van der Waals surface area contributed by atoms with Gasteiger partial charge in [-0.25, -0.2) is 8.78 Å². The van der Waals surface area contributed by atoms with E-state index in [1.54, 1.807) is 24.3 Å². The van der Waals surface area contributed by atoms with Crippen LogP contribution in [0.1, 0.15) is 23.6 Å². The van der Waals surface area contributed by atoms with E-state index in [4.69, 9.17) is 10.5 Å². The van der Waals surface area contributed by atoms with Crippen LogP contribution >= 0.6 is 0 Å². The molecule has 4 heteroatoms. The monoisotopic (exact) mass is 277 g/mol. The maximum Gasteiger partial charge on any atom is 0.240 e. The van der Waals surface area contributed by atoms with Gasteiger partial charge in [-0.05, 0) is 23.3 Å². The number of hydrogen-bond acceptors (Lipinski definition) is 2. The third kappa shape index (κ3) is 4.31. The predicted molar refractivity (Wildman–Crippen MR) is 74.8 cm³/mol. The largest absolute Gasteiger partial charge is 0.489 e. The summed E-state index contributed by atoms with van der Waals surface area (Å²) in [4.78, 5) is 0. The minimum Gasteiger partial charge on any atom is -0.489 e. The van der Waals surface area contributed by atoms with Crippen molar-refractivity contribution >= 4 is 0 Å². The van der Waals surface area contributed by atoms with Gasteiger partial charge >= 0.3 is 0 Å². The molecule has 0 aliphatic rings. The van der Waals surface area contributed by atoms with Crippen molar-refractivity contribution in [2.24, 2.45) is 5.73 Å². The van der Waals surface area contributed by atoms with E-state index < -0.39 is 12.5 Å². The topological polar surface area (TPSA) is 35.2 Å². The third-order valence-electron chi connectivity index (χ3n) is 2.97. The van der Waals surface area contributed by atoms with Crippen LogP contribution in [-0.2, 0) is 6.61 Å². The van der Waals surface area contributed by atoms with Gasteiger partial charge in [0.15, 0.2) is 0 Å². The number of nitrogens with two attached hydrogens (primary N) is 1. The highest BCUT2D eigenvalue weighted by molar-refractivity contribution is 5.30. The number of halogens is 2. The molecule has 1 atom stereocenters. The van der Waals surface area contributed by atoms with Crippen LogP contribution in [0.2, 0.25) is 0 Å². The fraction of sp³-hybridized carbons (Fsp3) is 0.250. The average Bonchev–Trinajstić information content (AvgIpc) is 2.46. The summed E-state index contributed by atoms with van der Waals surface area (Å²) in [6.45, 7) is 0.439. The van der Waals surface area contributed by atoms with Crippen LogP contribution in [-0.4, -0.2) is 6.43 Å². The molecule has 106 valence electrons. The van der Waals surface area contributed by atoms with Crippen molar-refractivity contribution < 1.29 is 13.5 Å². The van der Waals surface area contributed by atoms with Crippen LogP contribution in [0.5, 0.6) is 5.75 Å². The Morgan fingerprint density at radius 3 is 2.45 bits per heavy atom. The van der Waals surface area contributed by atoms with Gasteiger partial charge in [0.25, 0.3) is 0 Å². The zero-order valence-electron chi connectivity index (χ0n) is 11.0. The molecular weight excluding hydrogens is 260 g/mol. The van der Waals surface area contributed by atoms with E-state index in [-0.39, 0.29) is 6.42 Å². The summed E-state index contributed by atoms with van der Waals surface area (Å²) in [5.74, 6) is 0.635. The molecule has 0 amide bonds. The minimum atomic E-state index is -2.40. The molecule has 0 aliphatic carbocycles. The van der Waals surface area contributed by atoms with E-state index in [0.717, 1.165) is 5.56 Å². The smallest absolute Gasteiger partial charge is 0.240 e. The molecule has 0 unspecified atom stereocenters. The summed E-state index contributed by atoms with van der Waals surface area (Å²) in [7, 11) is 0. The molecule has 0 radical (unpaired) electrons. The van der Waals surface area contributed by atoms with Crippen LogP contribution in [0, 0.1) is 0 Å². The van der Waals surface area contributed by atoms with E-state index in [2.05, 4.69) is 0 Å². The lowest BCUT2D eigenvalue weighted by molar-refractivity contribution is 0.128. The van der Waals surface area contributed by atoms with Crippen molar-refractivity contribution in [3.63, 3.8) is 0 Å². The summed E-state index contributed by atoms with van der Waals surface area (Å²) in [5, 5.41) is 0. The maximum atomic E-state index is 12.3. The number of ether oxygens (including phenoxy) is 1. The zero-order chi connectivity index (χ0) is 14.4. The molecule has 0 saturated carbocycles. The van der Waals surface area contributed by atoms with Gasteiger partial charge in [-0.15, -0.1) is 0 Å². The van der Waals surface area contributed by atoms with Crippen LogP contribution < -0.4 is 10.5 Å². The Bertz CT molecular complexity index is 531. The van der Waals surface area contributed by atoms with Gasteiger partial charge in [0, 0.05) is 12.5 Å². The Morgan fingerprint density at radius 2 is 1.75 bits per heavy atom. The second-order valence-corrected chi connectivity index (χ2v) is 4.58. The van der Waals surface area contributed by atoms with Crippen LogP contribution in [0.25, 0.3) is 0 Å². The first kappa shape index (κ1) is 14.5. The van der Waals surface area contributed by atoms with E-state index in [1.807, 2.05) is 30.3 Å².